The first-order valence-electron chi connectivity index (χ1n) is 5.89. The van der Waals surface area contributed by atoms with E-state index in [1.165, 1.54) is 10.1 Å². The van der Waals surface area contributed by atoms with Gasteiger partial charge in [0.15, 0.2) is 0 Å². The van der Waals surface area contributed by atoms with Crippen molar-refractivity contribution in [1.82, 2.24) is 0 Å². The van der Waals surface area contributed by atoms with Gasteiger partial charge in [-0.15, -0.1) is 11.3 Å². The second-order valence-corrected chi connectivity index (χ2v) is 5.91. The largest absolute Gasteiger partial charge is 0.144 e. The van der Waals surface area contributed by atoms with Crippen LogP contribution in [0.25, 0.3) is 10.1 Å². The lowest BCUT2D eigenvalue weighted by atomic mass is 10.0. The van der Waals surface area contributed by atoms with Gasteiger partial charge in [0, 0.05) is 4.70 Å². The van der Waals surface area contributed by atoms with Gasteiger partial charge in [-0.1, -0.05) is 59.7 Å². The van der Waals surface area contributed by atoms with E-state index < -0.39 is 0 Å². The molecule has 0 bridgehead atoms. The summed E-state index contributed by atoms with van der Waals surface area (Å²) in [4.78, 5) is 0. The fraction of sp³-hybridized carbons (Fsp3) is 0.467. The molecule has 16 heavy (non-hydrogen) atoms. The van der Waals surface area contributed by atoms with E-state index in [1.807, 2.05) is 13.8 Å². The Morgan fingerprint density at radius 1 is 0.875 bits per heavy atom. The van der Waals surface area contributed by atoms with Crippen molar-refractivity contribution in [3.8, 4) is 0 Å². The third-order valence-electron chi connectivity index (χ3n) is 1.36. The summed E-state index contributed by atoms with van der Waals surface area (Å²) in [6.45, 7) is 12.8. The molecule has 1 aromatic heterocycles. The van der Waals surface area contributed by atoms with Crippen molar-refractivity contribution in [3.63, 3.8) is 0 Å². The van der Waals surface area contributed by atoms with Gasteiger partial charge in [0.25, 0.3) is 0 Å². The molecule has 0 aliphatic rings. The first kappa shape index (κ1) is 15.2. The minimum atomic E-state index is 0.500. The molecule has 0 unspecified atom stereocenters. The van der Waals surface area contributed by atoms with E-state index in [2.05, 4.69) is 63.4 Å². The molecule has 0 saturated carbocycles. The van der Waals surface area contributed by atoms with Crippen LogP contribution in [0.15, 0.2) is 35.7 Å². The molecule has 1 aromatic carbocycles. The van der Waals surface area contributed by atoms with Crippen molar-refractivity contribution in [2.75, 3.05) is 0 Å². The molecule has 0 N–H and O–H groups in total. The SMILES string of the molecule is CC.CC(C)(C)C.c1ccc2sccc2c1. The Bertz CT molecular complexity index is 343. The molecule has 1 heteroatoms. The molecule has 0 fully saturated rings. The van der Waals surface area contributed by atoms with Gasteiger partial charge in [0.2, 0.25) is 0 Å². The van der Waals surface area contributed by atoms with Crippen molar-refractivity contribution < 1.29 is 0 Å². The van der Waals surface area contributed by atoms with E-state index >= 15 is 0 Å². The Morgan fingerprint density at radius 3 is 1.88 bits per heavy atom. The Morgan fingerprint density at radius 2 is 1.38 bits per heavy atom. The number of hydrogen-bond donors (Lipinski definition) is 0. The molecule has 0 aliphatic heterocycles. The van der Waals surface area contributed by atoms with Crippen LogP contribution in [0.2, 0.25) is 0 Å². The summed E-state index contributed by atoms with van der Waals surface area (Å²) < 4.78 is 1.37. The zero-order valence-corrected chi connectivity index (χ0v) is 12.2. The highest BCUT2D eigenvalue weighted by Gasteiger charge is 1.95. The van der Waals surface area contributed by atoms with Gasteiger partial charge in [-0.3, -0.25) is 0 Å². The fourth-order valence-electron chi connectivity index (χ4n) is 0.906. The predicted octanol–water partition coefficient (Wildman–Crippen LogP) is 5.98. The number of thiophene rings is 1. The zero-order valence-electron chi connectivity index (χ0n) is 11.4. The van der Waals surface area contributed by atoms with E-state index in [-0.39, 0.29) is 0 Å². The van der Waals surface area contributed by atoms with Crippen molar-refractivity contribution in [2.45, 2.75) is 41.5 Å². The van der Waals surface area contributed by atoms with Crippen LogP contribution in [-0.2, 0) is 0 Å². The lowest BCUT2D eigenvalue weighted by Crippen LogP contribution is -1.93. The summed E-state index contributed by atoms with van der Waals surface area (Å²) in [5.41, 5.74) is 0.500. The smallest absolute Gasteiger partial charge is 0.0342 e. The summed E-state index contributed by atoms with van der Waals surface area (Å²) in [5.74, 6) is 0. The van der Waals surface area contributed by atoms with E-state index in [0.717, 1.165) is 0 Å². The second kappa shape index (κ2) is 7.45. The third-order valence-corrected chi connectivity index (χ3v) is 2.26. The first-order valence-corrected chi connectivity index (χ1v) is 6.77. The van der Waals surface area contributed by atoms with Gasteiger partial charge >= 0.3 is 0 Å². The Hall–Kier alpha value is -0.820. The molecule has 0 amide bonds. The van der Waals surface area contributed by atoms with Crippen molar-refractivity contribution in [3.05, 3.63) is 35.7 Å². The highest BCUT2D eigenvalue weighted by Crippen LogP contribution is 2.18. The summed E-state index contributed by atoms with van der Waals surface area (Å²) in [7, 11) is 0. The Labute approximate surface area is 104 Å². The van der Waals surface area contributed by atoms with Gasteiger partial charge in [-0.05, 0) is 28.3 Å². The van der Waals surface area contributed by atoms with Gasteiger partial charge in [0.05, 0.1) is 0 Å². The highest BCUT2D eigenvalue weighted by atomic mass is 32.1. The van der Waals surface area contributed by atoms with Crippen LogP contribution < -0.4 is 0 Å². The van der Waals surface area contributed by atoms with Crippen LogP contribution in [0, 0.1) is 5.41 Å². The molecule has 1 heterocycles. The normalized spacial score (nSPS) is 9.88. The van der Waals surface area contributed by atoms with Crippen LogP contribution in [0.4, 0.5) is 0 Å². The topological polar surface area (TPSA) is 0 Å². The quantitative estimate of drug-likeness (QED) is 0.528. The molecule has 0 saturated heterocycles. The minimum absolute atomic E-state index is 0.500. The van der Waals surface area contributed by atoms with Crippen LogP contribution in [-0.4, -0.2) is 0 Å². The average Bonchev–Trinajstić information content (AvgIpc) is 2.66. The molecule has 2 rings (SSSR count). The molecule has 0 nitrogen and oxygen atoms in total. The summed E-state index contributed by atoms with van der Waals surface area (Å²) in [6.07, 6.45) is 0. The Balaban J connectivity index is 0.000000280. The number of fused-ring (bicyclic) bond motifs is 1. The van der Waals surface area contributed by atoms with Gasteiger partial charge < -0.3 is 0 Å². The maximum atomic E-state index is 2.19. The minimum Gasteiger partial charge on any atom is -0.144 e. The van der Waals surface area contributed by atoms with Gasteiger partial charge in [0.1, 0.15) is 0 Å². The summed E-state index contributed by atoms with van der Waals surface area (Å²) >= 11 is 1.79. The fourth-order valence-corrected chi connectivity index (χ4v) is 1.70. The summed E-state index contributed by atoms with van der Waals surface area (Å²) in [5, 5.41) is 3.47. The van der Waals surface area contributed by atoms with E-state index in [0.29, 0.717) is 5.41 Å². The van der Waals surface area contributed by atoms with E-state index in [4.69, 9.17) is 0 Å². The Kier molecular flexibility index (Phi) is 7.07. The zero-order chi connectivity index (χ0) is 12.6. The highest BCUT2D eigenvalue weighted by molar-refractivity contribution is 7.17. The number of hydrogen-bond acceptors (Lipinski definition) is 1. The maximum Gasteiger partial charge on any atom is 0.0342 e. The molecule has 2 aromatic rings. The molecule has 0 atom stereocenters. The third kappa shape index (κ3) is 7.47. The van der Waals surface area contributed by atoms with E-state index in [1.54, 1.807) is 11.3 Å². The van der Waals surface area contributed by atoms with Crippen molar-refractivity contribution in [1.29, 1.82) is 0 Å². The van der Waals surface area contributed by atoms with Crippen molar-refractivity contribution >= 4 is 21.4 Å². The monoisotopic (exact) mass is 236 g/mol. The van der Waals surface area contributed by atoms with Crippen molar-refractivity contribution in [2.24, 2.45) is 5.41 Å². The number of benzene rings is 1. The lowest BCUT2D eigenvalue weighted by molar-refractivity contribution is 0.469. The second-order valence-electron chi connectivity index (χ2n) is 4.96. The molecule has 0 aliphatic carbocycles. The molecule has 0 radical (unpaired) electrons. The molecule has 90 valence electrons. The van der Waals surface area contributed by atoms with Crippen LogP contribution in [0.3, 0.4) is 0 Å². The lowest BCUT2D eigenvalue weighted by Gasteiger charge is -2.05. The van der Waals surface area contributed by atoms with Crippen LogP contribution in [0.5, 0.6) is 0 Å². The van der Waals surface area contributed by atoms with Crippen LogP contribution >= 0.6 is 11.3 Å². The van der Waals surface area contributed by atoms with Gasteiger partial charge in [-0.25, -0.2) is 0 Å². The van der Waals surface area contributed by atoms with Gasteiger partial charge in [-0.2, -0.15) is 0 Å². The predicted molar refractivity (Wildman–Crippen MR) is 78.3 cm³/mol. The first-order chi connectivity index (χ1) is 7.47. The maximum absolute atomic E-state index is 2.19. The standard InChI is InChI=1S/C8H6S.C5H12.C2H6/c1-2-4-8-7(3-1)5-6-9-8;1-5(2,3)4;1-2/h1-6H;1-4H3;1-2H3. The number of rotatable bonds is 0. The molecule has 0 spiro atoms. The van der Waals surface area contributed by atoms with E-state index in [9.17, 15) is 0 Å². The molecular formula is C15H24S. The average molecular weight is 236 g/mol. The summed E-state index contributed by atoms with van der Waals surface area (Å²) in [6, 6.07) is 10.5. The molecular weight excluding hydrogens is 212 g/mol. The van der Waals surface area contributed by atoms with Crippen LogP contribution in [0.1, 0.15) is 41.5 Å².